The van der Waals surface area contributed by atoms with Crippen LogP contribution in [0.25, 0.3) is 0 Å². The molecule has 3 heterocycles. The van der Waals surface area contributed by atoms with Crippen molar-refractivity contribution >= 4 is 11.8 Å². The average molecular weight is 383 g/mol. The number of nitrogens with zero attached hydrogens (tertiary/aromatic N) is 3. The summed E-state index contributed by atoms with van der Waals surface area (Å²) in [6.07, 6.45) is -1.42. The van der Waals surface area contributed by atoms with Crippen molar-refractivity contribution in [3.8, 4) is 0 Å². The van der Waals surface area contributed by atoms with Crippen LogP contribution in [0.15, 0.2) is 18.3 Å². The molecule has 0 radical (unpaired) electrons. The number of rotatable bonds is 4. The number of aromatic nitrogens is 3. The van der Waals surface area contributed by atoms with Crippen LogP contribution in [0.5, 0.6) is 0 Å². The minimum absolute atomic E-state index is 0.0790. The number of hydrogen-bond donors (Lipinski definition) is 2. The van der Waals surface area contributed by atoms with E-state index in [1.807, 2.05) is 0 Å². The molecule has 7 nitrogen and oxygen atoms in total. The van der Waals surface area contributed by atoms with Gasteiger partial charge in [0.05, 0.1) is 5.56 Å². The molecule has 2 amide bonds. The molecule has 1 aliphatic heterocycles. The normalized spacial score (nSPS) is 17.9. The highest BCUT2D eigenvalue weighted by Crippen LogP contribution is 2.30. The molecule has 10 heteroatoms. The highest BCUT2D eigenvalue weighted by Gasteiger charge is 2.35. The van der Waals surface area contributed by atoms with Gasteiger partial charge in [-0.1, -0.05) is 0 Å². The van der Waals surface area contributed by atoms with E-state index in [4.69, 9.17) is 5.73 Å². The highest BCUT2D eigenvalue weighted by atomic mass is 19.4. The molecule has 1 unspecified atom stereocenters. The first-order valence-electron chi connectivity index (χ1n) is 8.53. The Morgan fingerprint density at radius 3 is 2.78 bits per heavy atom. The van der Waals surface area contributed by atoms with E-state index in [0.717, 1.165) is 23.6 Å². The fourth-order valence-corrected chi connectivity index (χ4v) is 3.41. The van der Waals surface area contributed by atoms with E-state index in [0.29, 0.717) is 24.3 Å². The molecule has 1 fully saturated rings. The number of nitrogens with two attached hydrogens (primary N) is 1. The average Bonchev–Trinajstić information content (AvgIpc) is 3.22. The van der Waals surface area contributed by atoms with Crippen molar-refractivity contribution in [1.29, 1.82) is 0 Å². The Morgan fingerprint density at radius 2 is 2.15 bits per heavy atom. The summed E-state index contributed by atoms with van der Waals surface area (Å²) >= 11 is 0. The van der Waals surface area contributed by atoms with Gasteiger partial charge in [-0.3, -0.25) is 14.3 Å². The van der Waals surface area contributed by atoms with Crippen LogP contribution in [-0.2, 0) is 17.5 Å². The third-order valence-corrected chi connectivity index (χ3v) is 4.78. The topological polar surface area (TPSA) is 97.0 Å². The predicted molar refractivity (Wildman–Crippen MR) is 89.8 cm³/mol. The van der Waals surface area contributed by atoms with Crippen LogP contribution < -0.4 is 5.73 Å². The molecule has 2 aromatic heterocycles. The minimum atomic E-state index is -4.55. The van der Waals surface area contributed by atoms with E-state index >= 15 is 0 Å². The monoisotopic (exact) mass is 383 g/mol. The molecule has 146 valence electrons. The summed E-state index contributed by atoms with van der Waals surface area (Å²) < 4.78 is 39.4. The van der Waals surface area contributed by atoms with Crippen molar-refractivity contribution in [2.24, 2.45) is 5.73 Å². The molecule has 1 saturated heterocycles. The minimum Gasteiger partial charge on any atom is -0.366 e. The maximum absolute atomic E-state index is 12.8. The number of aromatic amines is 1. The van der Waals surface area contributed by atoms with Gasteiger partial charge in [-0.25, -0.2) is 0 Å². The molecule has 0 spiro atoms. The number of halogens is 3. The van der Waals surface area contributed by atoms with Crippen LogP contribution in [0.2, 0.25) is 0 Å². The number of carbonyl (C=O) groups is 2. The molecular formula is C17H20F3N5O2. The maximum atomic E-state index is 12.8. The van der Waals surface area contributed by atoms with Crippen LogP contribution in [-0.4, -0.2) is 44.6 Å². The number of nitrogens with one attached hydrogen (secondary N) is 1. The number of alkyl halides is 3. The zero-order valence-corrected chi connectivity index (χ0v) is 14.7. The molecule has 3 rings (SSSR count). The quantitative estimate of drug-likeness (QED) is 0.846. The summed E-state index contributed by atoms with van der Waals surface area (Å²) in [5.41, 5.74) is 5.71. The molecule has 1 atom stereocenters. The number of piperidine rings is 1. The standard InChI is InChI=1S/C17H20F3N5O2/c1-10-7-13(17(18,19)20)23-25(10)9-14(26)24-6-2-3-11(8-24)15-12(16(21)27)4-5-22-15/h4-5,7,11,22H,2-3,6,8-9H2,1H3,(H2,21,27). The van der Waals surface area contributed by atoms with E-state index in [1.165, 1.54) is 6.92 Å². The Hall–Kier alpha value is -2.78. The van der Waals surface area contributed by atoms with Gasteiger partial charge in [0.15, 0.2) is 5.69 Å². The van der Waals surface area contributed by atoms with Gasteiger partial charge in [0.1, 0.15) is 6.54 Å². The first-order valence-corrected chi connectivity index (χ1v) is 8.53. The summed E-state index contributed by atoms with van der Waals surface area (Å²) in [5, 5.41) is 3.50. The summed E-state index contributed by atoms with van der Waals surface area (Å²) in [7, 11) is 0. The smallest absolute Gasteiger partial charge is 0.366 e. The van der Waals surface area contributed by atoms with Crippen LogP contribution in [0.3, 0.4) is 0 Å². The van der Waals surface area contributed by atoms with E-state index in [-0.39, 0.29) is 24.1 Å². The van der Waals surface area contributed by atoms with Crippen molar-refractivity contribution in [3.63, 3.8) is 0 Å². The van der Waals surface area contributed by atoms with Crippen LogP contribution in [0.4, 0.5) is 13.2 Å². The summed E-state index contributed by atoms with van der Waals surface area (Å²) in [5.74, 6) is -0.932. The lowest BCUT2D eigenvalue weighted by Gasteiger charge is -2.33. The first kappa shape index (κ1) is 19.0. The Bertz CT molecular complexity index is 855. The maximum Gasteiger partial charge on any atom is 0.435 e. The summed E-state index contributed by atoms with van der Waals surface area (Å²) in [4.78, 5) is 28.7. The van der Waals surface area contributed by atoms with Crippen LogP contribution >= 0.6 is 0 Å². The molecule has 0 saturated carbocycles. The van der Waals surface area contributed by atoms with Crippen molar-refractivity contribution in [2.75, 3.05) is 13.1 Å². The van der Waals surface area contributed by atoms with Gasteiger partial charge in [-0.15, -0.1) is 0 Å². The largest absolute Gasteiger partial charge is 0.435 e. The number of carbonyl (C=O) groups excluding carboxylic acids is 2. The van der Waals surface area contributed by atoms with E-state index in [2.05, 4.69) is 10.1 Å². The number of primary amides is 1. The fraction of sp³-hybridized carbons (Fsp3) is 0.471. The molecule has 0 bridgehead atoms. The molecular weight excluding hydrogens is 363 g/mol. The van der Waals surface area contributed by atoms with Gasteiger partial charge in [0.25, 0.3) is 5.91 Å². The first-order chi connectivity index (χ1) is 12.7. The van der Waals surface area contributed by atoms with Crippen molar-refractivity contribution < 1.29 is 22.8 Å². The Labute approximate surface area is 153 Å². The third-order valence-electron chi connectivity index (χ3n) is 4.78. The van der Waals surface area contributed by atoms with Crippen LogP contribution in [0.1, 0.15) is 46.2 Å². The number of hydrogen-bond acceptors (Lipinski definition) is 3. The van der Waals surface area contributed by atoms with E-state index in [1.54, 1.807) is 17.2 Å². The SMILES string of the molecule is Cc1cc(C(F)(F)F)nn1CC(=O)N1CCCC(c2[nH]ccc2C(N)=O)C1. The Morgan fingerprint density at radius 1 is 1.41 bits per heavy atom. The molecule has 0 aliphatic carbocycles. The summed E-state index contributed by atoms with van der Waals surface area (Å²) in [6.45, 7) is 2.09. The number of H-pyrrole nitrogens is 1. The van der Waals surface area contributed by atoms with E-state index < -0.39 is 17.8 Å². The Balaban J connectivity index is 1.71. The summed E-state index contributed by atoms with van der Waals surface area (Å²) in [6, 6.07) is 2.52. The lowest BCUT2D eigenvalue weighted by atomic mass is 9.92. The molecule has 27 heavy (non-hydrogen) atoms. The van der Waals surface area contributed by atoms with Gasteiger partial charge < -0.3 is 15.6 Å². The van der Waals surface area contributed by atoms with Gasteiger partial charge >= 0.3 is 6.18 Å². The number of likely N-dealkylation sites (tertiary alicyclic amines) is 1. The lowest BCUT2D eigenvalue weighted by Crippen LogP contribution is -2.41. The lowest BCUT2D eigenvalue weighted by molar-refractivity contribution is -0.142. The number of aryl methyl sites for hydroxylation is 1. The molecule has 3 N–H and O–H groups in total. The number of amides is 2. The highest BCUT2D eigenvalue weighted by molar-refractivity contribution is 5.94. The van der Waals surface area contributed by atoms with Crippen molar-refractivity contribution in [3.05, 3.63) is 41.0 Å². The second-order valence-corrected chi connectivity index (χ2v) is 6.67. The zero-order chi connectivity index (χ0) is 19.8. The van der Waals surface area contributed by atoms with E-state index in [9.17, 15) is 22.8 Å². The van der Waals surface area contributed by atoms with Crippen molar-refractivity contribution in [1.82, 2.24) is 19.7 Å². The molecule has 0 aromatic carbocycles. The van der Waals surface area contributed by atoms with Gasteiger partial charge in [0, 0.05) is 36.6 Å². The van der Waals surface area contributed by atoms with Gasteiger partial charge in [-0.2, -0.15) is 18.3 Å². The van der Waals surface area contributed by atoms with Crippen molar-refractivity contribution in [2.45, 2.75) is 38.4 Å². The van der Waals surface area contributed by atoms with Crippen LogP contribution in [0, 0.1) is 6.92 Å². The van der Waals surface area contributed by atoms with Gasteiger partial charge in [0.2, 0.25) is 5.91 Å². The molecule has 2 aromatic rings. The Kier molecular flexibility index (Phi) is 4.99. The zero-order valence-electron chi connectivity index (χ0n) is 14.7. The fourth-order valence-electron chi connectivity index (χ4n) is 3.41. The second kappa shape index (κ2) is 7.09. The van der Waals surface area contributed by atoms with Gasteiger partial charge in [-0.05, 0) is 31.9 Å². The predicted octanol–water partition coefficient (Wildman–Crippen LogP) is 2.04. The second-order valence-electron chi connectivity index (χ2n) is 6.67. The molecule has 1 aliphatic rings. The third kappa shape index (κ3) is 3.99.